The third kappa shape index (κ3) is 2.97. The minimum Gasteiger partial charge on any atom is -0.467 e. The summed E-state index contributed by atoms with van der Waals surface area (Å²) in [5, 5.41) is 0. The molecule has 1 aliphatic rings. The number of esters is 1. The Balaban J connectivity index is 2.17. The molecule has 1 saturated heterocycles. The third-order valence-electron chi connectivity index (χ3n) is 3.46. The Bertz CT molecular complexity index is 469. The summed E-state index contributed by atoms with van der Waals surface area (Å²) in [6.07, 6.45) is 3.54. The number of hydrogen-bond acceptors (Lipinski definition) is 4. The Labute approximate surface area is 117 Å². The summed E-state index contributed by atoms with van der Waals surface area (Å²) in [5.41, 5.74) is 0. The molecule has 5 heteroatoms. The van der Waals surface area contributed by atoms with Crippen molar-refractivity contribution in [3.8, 4) is 0 Å². The average molecular weight is 281 g/mol. The predicted molar refractivity (Wildman–Crippen MR) is 74.4 cm³/mol. The molecule has 0 spiro atoms. The van der Waals surface area contributed by atoms with E-state index in [-0.39, 0.29) is 11.9 Å². The molecule has 1 amide bonds. The van der Waals surface area contributed by atoms with Gasteiger partial charge in [-0.3, -0.25) is 4.79 Å². The fraction of sp³-hybridized carbons (Fsp3) is 0.571. The molecular weight excluding hydrogens is 262 g/mol. The summed E-state index contributed by atoms with van der Waals surface area (Å²) < 4.78 is 4.80. The second kappa shape index (κ2) is 6.19. The maximum atomic E-state index is 12.5. The van der Waals surface area contributed by atoms with Gasteiger partial charge < -0.3 is 9.64 Å². The monoisotopic (exact) mass is 281 g/mol. The normalized spacial score (nSPS) is 19.3. The van der Waals surface area contributed by atoms with Crippen LogP contribution < -0.4 is 0 Å². The van der Waals surface area contributed by atoms with Crippen molar-refractivity contribution in [2.75, 3.05) is 13.7 Å². The lowest BCUT2D eigenvalue weighted by atomic mass is 10.0. The highest BCUT2D eigenvalue weighted by molar-refractivity contribution is 7.14. The molecule has 104 valence electrons. The summed E-state index contributed by atoms with van der Waals surface area (Å²) in [5.74, 6) is -0.347. The van der Waals surface area contributed by atoms with Crippen LogP contribution in [-0.2, 0) is 16.0 Å². The molecule has 0 N–H and O–H groups in total. The number of thiophene rings is 1. The summed E-state index contributed by atoms with van der Waals surface area (Å²) in [7, 11) is 1.37. The molecule has 0 radical (unpaired) electrons. The standard InChI is InChI=1S/C14H19NO3S/c1-3-10-7-8-12(19-10)13(16)15-9-5-4-6-11(15)14(17)18-2/h7-8,11H,3-6,9H2,1-2H3/t11-/m1/s1. The molecule has 2 heterocycles. The van der Waals surface area contributed by atoms with Gasteiger partial charge >= 0.3 is 5.97 Å². The van der Waals surface area contributed by atoms with E-state index in [1.165, 1.54) is 23.3 Å². The van der Waals surface area contributed by atoms with E-state index in [1.807, 2.05) is 12.1 Å². The Kier molecular flexibility index (Phi) is 4.58. The summed E-state index contributed by atoms with van der Waals surface area (Å²) in [6, 6.07) is 3.42. The van der Waals surface area contributed by atoms with Gasteiger partial charge in [-0.05, 0) is 37.8 Å². The van der Waals surface area contributed by atoms with Gasteiger partial charge in [0.05, 0.1) is 12.0 Å². The van der Waals surface area contributed by atoms with E-state index in [4.69, 9.17) is 4.74 Å². The van der Waals surface area contributed by atoms with Crippen LogP contribution in [0.1, 0.15) is 40.7 Å². The number of rotatable bonds is 3. The van der Waals surface area contributed by atoms with Gasteiger partial charge in [0.15, 0.2) is 0 Å². The van der Waals surface area contributed by atoms with E-state index in [1.54, 1.807) is 4.90 Å². The van der Waals surface area contributed by atoms with Crippen molar-refractivity contribution >= 4 is 23.2 Å². The van der Waals surface area contributed by atoms with Crippen molar-refractivity contribution < 1.29 is 14.3 Å². The fourth-order valence-electron chi connectivity index (χ4n) is 2.38. The SMILES string of the molecule is CCc1ccc(C(=O)N2CCCC[C@@H]2C(=O)OC)s1. The van der Waals surface area contributed by atoms with Crippen molar-refractivity contribution in [3.05, 3.63) is 21.9 Å². The first-order valence-electron chi connectivity index (χ1n) is 6.65. The van der Waals surface area contributed by atoms with Gasteiger partial charge in [0.25, 0.3) is 5.91 Å². The molecule has 0 unspecified atom stereocenters. The van der Waals surface area contributed by atoms with Crippen molar-refractivity contribution in [3.63, 3.8) is 0 Å². The highest BCUT2D eigenvalue weighted by atomic mass is 32.1. The van der Waals surface area contributed by atoms with E-state index in [2.05, 4.69) is 6.92 Å². The average Bonchev–Trinajstić information content (AvgIpc) is 2.94. The number of carbonyl (C=O) groups is 2. The number of piperidine rings is 1. The van der Waals surface area contributed by atoms with Crippen LogP contribution in [0.25, 0.3) is 0 Å². The molecule has 1 atom stereocenters. The van der Waals surface area contributed by atoms with Crippen LogP contribution in [-0.4, -0.2) is 36.5 Å². The molecule has 0 saturated carbocycles. The van der Waals surface area contributed by atoms with Gasteiger partial charge in [-0.25, -0.2) is 4.79 Å². The van der Waals surface area contributed by atoms with Crippen LogP contribution in [0.4, 0.5) is 0 Å². The number of methoxy groups -OCH3 is 1. The van der Waals surface area contributed by atoms with E-state index >= 15 is 0 Å². The van der Waals surface area contributed by atoms with Crippen molar-refractivity contribution in [1.82, 2.24) is 4.90 Å². The molecule has 0 aromatic carbocycles. The van der Waals surface area contributed by atoms with Crippen molar-refractivity contribution in [2.45, 2.75) is 38.6 Å². The molecular formula is C14H19NO3S. The fourth-order valence-corrected chi connectivity index (χ4v) is 3.28. The topological polar surface area (TPSA) is 46.6 Å². The number of hydrogen-bond donors (Lipinski definition) is 0. The lowest BCUT2D eigenvalue weighted by Gasteiger charge is -2.33. The molecule has 19 heavy (non-hydrogen) atoms. The lowest BCUT2D eigenvalue weighted by molar-refractivity contribution is -0.147. The summed E-state index contributed by atoms with van der Waals surface area (Å²) in [4.78, 5) is 27.8. The van der Waals surface area contributed by atoms with Gasteiger partial charge in [0, 0.05) is 11.4 Å². The number of ether oxygens (including phenoxy) is 1. The molecule has 1 aromatic heterocycles. The first-order chi connectivity index (χ1) is 9.17. The van der Waals surface area contributed by atoms with Crippen LogP contribution in [0.3, 0.4) is 0 Å². The molecule has 1 fully saturated rings. The molecule has 0 bridgehead atoms. The van der Waals surface area contributed by atoms with Crippen LogP contribution >= 0.6 is 11.3 Å². The number of aryl methyl sites for hydroxylation is 1. The van der Waals surface area contributed by atoms with Crippen molar-refractivity contribution in [1.29, 1.82) is 0 Å². The van der Waals surface area contributed by atoms with Gasteiger partial charge in [-0.1, -0.05) is 6.92 Å². The zero-order chi connectivity index (χ0) is 13.8. The van der Waals surface area contributed by atoms with Gasteiger partial charge in [-0.15, -0.1) is 11.3 Å². The Hall–Kier alpha value is -1.36. The highest BCUT2D eigenvalue weighted by Crippen LogP contribution is 2.24. The number of likely N-dealkylation sites (tertiary alicyclic amines) is 1. The first-order valence-corrected chi connectivity index (χ1v) is 7.46. The molecule has 1 aromatic rings. The molecule has 0 aliphatic carbocycles. The van der Waals surface area contributed by atoms with Crippen LogP contribution in [0, 0.1) is 0 Å². The zero-order valence-corrected chi connectivity index (χ0v) is 12.2. The highest BCUT2D eigenvalue weighted by Gasteiger charge is 2.33. The second-order valence-electron chi connectivity index (χ2n) is 4.65. The minimum atomic E-state index is -0.418. The van der Waals surface area contributed by atoms with Crippen LogP contribution in [0.5, 0.6) is 0 Å². The maximum absolute atomic E-state index is 12.5. The van der Waals surface area contributed by atoms with E-state index in [0.29, 0.717) is 17.8 Å². The Morgan fingerprint density at radius 1 is 1.42 bits per heavy atom. The van der Waals surface area contributed by atoms with Crippen LogP contribution in [0.2, 0.25) is 0 Å². The number of carbonyl (C=O) groups excluding carboxylic acids is 2. The smallest absolute Gasteiger partial charge is 0.328 e. The largest absolute Gasteiger partial charge is 0.467 e. The Morgan fingerprint density at radius 2 is 2.21 bits per heavy atom. The second-order valence-corrected chi connectivity index (χ2v) is 5.82. The minimum absolute atomic E-state index is 0.0419. The van der Waals surface area contributed by atoms with E-state index in [0.717, 1.165) is 19.3 Å². The maximum Gasteiger partial charge on any atom is 0.328 e. The zero-order valence-electron chi connectivity index (χ0n) is 11.3. The molecule has 1 aliphatic heterocycles. The van der Waals surface area contributed by atoms with E-state index in [9.17, 15) is 9.59 Å². The predicted octanol–water partition coefficient (Wildman–Crippen LogP) is 2.48. The van der Waals surface area contributed by atoms with Crippen LogP contribution in [0.15, 0.2) is 12.1 Å². The Morgan fingerprint density at radius 3 is 2.84 bits per heavy atom. The first kappa shape index (κ1) is 14.1. The number of nitrogens with zero attached hydrogens (tertiary/aromatic N) is 1. The quantitative estimate of drug-likeness (QED) is 0.800. The van der Waals surface area contributed by atoms with Gasteiger partial charge in [0.1, 0.15) is 6.04 Å². The number of amides is 1. The van der Waals surface area contributed by atoms with E-state index < -0.39 is 6.04 Å². The van der Waals surface area contributed by atoms with Crippen molar-refractivity contribution in [2.24, 2.45) is 0 Å². The summed E-state index contributed by atoms with van der Waals surface area (Å²) in [6.45, 7) is 2.70. The summed E-state index contributed by atoms with van der Waals surface area (Å²) >= 11 is 1.51. The third-order valence-corrected chi connectivity index (χ3v) is 4.68. The van der Waals surface area contributed by atoms with Gasteiger partial charge in [-0.2, -0.15) is 0 Å². The molecule has 2 rings (SSSR count). The molecule has 4 nitrogen and oxygen atoms in total. The lowest BCUT2D eigenvalue weighted by Crippen LogP contribution is -2.48. The van der Waals surface area contributed by atoms with Gasteiger partial charge in [0.2, 0.25) is 0 Å².